The summed E-state index contributed by atoms with van der Waals surface area (Å²) in [6, 6.07) is 6.16. The number of hydrogen-bond donors (Lipinski definition) is 4. The Labute approximate surface area is 188 Å². The smallest absolute Gasteiger partial charge is 0.407 e. The molecule has 1 aromatic carbocycles. The number of aromatic nitrogens is 1. The lowest BCUT2D eigenvalue weighted by Gasteiger charge is -2.20. The van der Waals surface area contributed by atoms with E-state index in [0.29, 0.717) is 32.2 Å². The summed E-state index contributed by atoms with van der Waals surface area (Å²) in [6.45, 7) is 5.77. The summed E-state index contributed by atoms with van der Waals surface area (Å²) < 4.78 is 9.99. The zero-order valence-corrected chi connectivity index (χ0v) is 19.2. The number of methoxy groups -OCH3 is 1. The van der Waals surface area contributed by atoms with Crippen LogP contribution in [0.4, 0.5) is 4.79 Å². The predicted octanol–water partition coefficient (Wildman–Crippen LogP) is 2.39. The second-order valence-electron chi connectivity index (χ2n) is 8.68. The normalized spacial score (nSPS) is 13.3. The predicted molar refractivity (Wildman–Crippen MR) is 122 cm³/mol. The van der Waals surface area contributed by atoms with Crippen molar-refractivity contribution >= 4 is 28.9 Å². The standard InChI is InChI=1S/C23H34N4O5/c1-23(2,3)32-22(30)25-12-8-7-11-19(21(29)31-4)27-20(28)17(24)13-15-14-26-18-10-6-5-9-16(15)18/h5-6,9-10,14,17,19,26H,7-8,11-13,24H2,1-4H3,(H,25,30)(H,27,28)/t17?,19-/m0/s1. The number of carbonyl (C=O) groups is 3. The highest BCUT2D eigenvalue weighted by Crippen LogP contribution is 2.19. The minimum Gasteiger partial charge on any atom is -0.467 e. The molecule has 0 fully saturated rings. The number of alkyl carbamates (subject to hydrolysis) is 1. The summed E-state index contributed by atoms with van der Waals surface area (Å²) in [5, 5.41) is 6.38. The van der Waals surface area contributed by atoms with Crippen molar-refractivity contribution in [2.24, 2.45) is 5.73 Å². The number of rotatable bonds is 10. The van der Waals surface area contributed by atoms with Crippen LogP contribution in [-0.4, -0.2) is 54.3 Å². The van der Waals surface area contributed by atoms with Gasteiger partial charge in [-0.2, -0.15) is 0 Å². The van der Waals surface area contributed by atoms with E-state index >= 15 is 0 Å². The lowest BCUT2D eigenvalue weighted by atomic mass is 10.0. The summed E-state index contributed by atoms with van der Waals surface area (Å²) in [6.07, 6.45) is 3.27. The van der Waals surface area contributed by atoms with Gasteiger partial charge in [0.25, 0.3) is 0 Å². The van der Waals surface area contributed by atoms with E-state index in [1.165, 1.54) is 7.11 Å². The second kappa shape index (κ2) is 11.5. The Kier molecular flexibility index (Phi) is 9.07. The molecule has 0 bridgehead atoms. The van der Waals surface area contributed by atoms with Crippen LogP contribution in [-0.2, 0) is 25.5 Å². The second-order valence-corrected chi connectivity index (χ2v) is 8.68. The SMILES string of the molecule is COC(=O)[C@H](CCCCNC(=O)OC(C)(C)C)NC(=O)C(N)Cc1c[nH]c2ccccc12. The maximum absolute atomic E-state index is 12.6. The van der Waals surface area contributed by atoms with E-state index in [1.54, 1.807) is 20.8 Å². The topological polar surface area (TPSA) is 136 Å². The number of unbranched alkanes of at least 4 members (excludes halogenated alkanes) is 1. The Morgan fingerprint density at radius 3 is 2.56 bits per heavy atom. The molecule has 0 saturated heterocycles. The third-order valence-corrected chi connectivity index (χ3v) is 4.84. The number of nitrogens with one attached hydrogen (secondary N) is 3. The highest BCUT2D eigenvalue weighted by Gasteiger charge is 2.25. The van der Waals surface area contributed by atoms with Gasteiger partial charge >= 0.3 is 12.1 Å². The maximum Gasteiger partial charge on any atom is 0.407 e. The average Bonchev–Trinajstić information content (AvgIpc) is 3.13. The van der Waals surface area contributed by atoms with E-state index < -0.39 is 35.7 Å². The Hall–Kier alpha value is -3.07. The number of nitrogens with two attached hydrogens (primary N) is 1. The molecule has 2 atom stereocenters. The molecule has 0 radical (unpaired) electrons. The average molecular weight is 447 g/mol. The van der Waals surface area contributed by atoms with Crippen molar-refractivity contribution in [3.8, 4) is 0 Å². The van der Waals surface area contributed by atoms with Crippen LogP contribution in [0.3, 0.4) is 0 Å². The van der Waals surface area contributed by atoms with Crippen LogP contribution in [0.25, 0.3) is 10.9 Å². The number of H-pyrrole nitrogens is 1. The van der Waals surface area contributed by atoms with Gasteiger partial charge in [-0.25, -0.2) is 9.59 Å². The number of carbonyl (C=O) groups excluding carboxylic acids is 3. The molecular formula is C23H34N4O5. The van der Waals surface area contributed by atoms with E-state index in [-0.39, 0.29) is 0 Å². The third-order valence-electron chi connectivity index (χ3n) is 4.84. The number of fused-ring (bicyclic) bond motifs is 1. The van der Waals surface area contributed by atoms with Gasteiger partial charge in [0, 0.05) is 23.6 Å². The van der Waals surface area contributed by atoms with Crippen LogP contribution in [0.1, 0.15) is 45.6 Å². The highest BCUT2D eigenvalue weighted by atomic mass is 16.6. The molecule has 2 amide bonds. The largest absolute Gasteiger partial charge is 0.467 e. The third kappa shape index (κ3) is 7.88. The lowest BCUT2D eigenvalue weighted by molar-refractivity contribution is -0.145. The van der Waals surface area contributed by atoms with Crippen LogP contribution in [0.2, 0.25) is 0 Å². The van der Waals surface area contributed by atoms with Gasteiger partial charge in [-0.05, 0) is 58.1 Å². The molecule has 0 aliphatic rings. The molecule has 2 aromatic rings. The van der Waals surface area contributed by atoms with Gasteiger partial charge in [-0.15, -0.1) is 0 Å². The molecule has 2 rings (SSSR count). The molecule has 32 heavy (non-hydrogen) atoms. The van der Waals surface area contributed by atoms with Crippen LogP contribution in [0.15, 0.2) is 30.5 Å². The number of hydrogen-bond acceptors (Lipinski definition) is 6. The minimum absolute atomic E-state index is 0.337. The molecule has 9 heteroatoms. The van der Waals surface area contributed by atoms with E-state index in [9.17, 15) is 14.4 Å². The lowest BCUT2D eigenvalue weighted by Crippen LogP contribution is -2.49. The molecule has 176 valence electrons. The van der Waals surface area contributed by atoms with E-state index in [1.807, 2.05) is 30.5 Å². The first kappa shape index (κ1) is 25.2. The minimum atomic E-state index is -0.810. The number of para-hydroxylation sites is 1. The quantitative estimate of drug-likeness (QED) is 0.327. The molecule has 0 saturated carbocycles. The van der Waals surface area contributed by atoms with Crippen molar-refractivity contribution in [3.63, 3.8) is 0 Å². The summed E-state index contributed by atoms with van der Waals surface area (Å²) in [4.78, 5) is 39.6. The molecule has 1 aromatic heterocycles. The summed E-state index contributed by atoms with van der Waals surface area (Å²) >= 11 is 0. The van der Waals surface area contributed by atoms with Gasteiger partial charge in [-0.1, -0.05) is 18.2 Å². The fourth-order valence-electron chi connectivity index (χ4n) is 3.28. The molecule has 1 unspecified atom stereocenters. The van der Waals surface area contributed by atoms with Gasteiger partial charge in [0.2, 0.25) is 5.91 Å². The van der Waals surface area contributed by atoms with Gasteiger partial charge in [0.05, 0.1) is 13.2 Å². The molecule has 1 heterocycles. The number of esters is 1. The van der Waals surface area contributed by atoms with Gasteiger partial charge < -0.3 is 30.8 Å². The van der Waals surface area contributed by atoms with E-state index in [4.69, 9.17) is 15.2 Å². The van der Waals surface area contributed by atoms with Crippen molar-refractivity contribution in [1.82, 2.24) is 15.6 Å². The van der Waals surface area contributed by atoms with Crippen molar-refractivity contribution in [1.29, 1.82) is 0 Å². The summed E-state index contributed by atoms with van der Waals surface area (Å²) in [5.41, 5.74) is 7.46. The molecule has 9 nitrogen and oxygen atoms in total. The monoisotopic (exact) mass is 446 g/mol. The van der Waals surface area contributed by atoms with Crippen molar-refractivity contribution in [3.05, 3.63) is 36.0 Å². The maximum atomic E-state index is 12.6. The van der Waals surface area contributed by atoms with Crippen LogP contribution >= 0.6 is 0 Å². The fraction of sp³-hybridized carbons (Fsp3) is 0.522. The first-order valence-electron chi connectivity index (χ1n) is 10.8. The van der Waals surface area contributed by atoms with Gasteiger partial charge in [0.15, 0.2) is 0 Å². The zero-order valence-electron chi connectivity index (χ0n) is 19.2. The van der Waals surface area contributed by atoms with Crippen LogP contribution < -0.4 is 16.4 Å². The zero-order chi connectivity index (χ0) is 23.7. The Morgan fingerprint density at radius 1 is 1.16 bits per heavy atom. The first-order valence-corrected chi connectivity index (χ1v) is 10.8. The summed E-state index contributed by atoms with van der Waals surface area (Å²) in [5.74, 6) is -0.949. The Bertz CT molecular complexity index is 918. The van der Waals surface area contributed by atoms with Crippen LogP contribution in [0, 0.1) is 0 Å². The van der Waals surface area contributed by atoms with Crippen molar-refractivity contribution in [2.75, 3.05) is 13.7 Å². The molecule has 5 N–H and O–H groups in total. The number of aromatic amines is 1. The molecule has 0 spiro atoms. The van der Waals surface area contributed by atoms with Gasteiger partial charge in [0.1, 0.15) is 11.6 Å². The van der Waals surface area contributed by atoms with E-state index in [2.05, 4.69) is 15.6 Å². The Morgan fingerprint density at radius 2 is 1.88 bits per heavy atom. The molecular weight excluding hydrogens is 412 g/mol. The molecule has 0 aliphatic heterocycles. The van der Waals surface area contributed by atoms with Crippen molar-refractivity contribution < 1.29 is 23.9 Å². The number of ether oxygens (including phenoxy) is 2. The Balaban J connectivity index is 1.82. The fourth-order valence-corrected chi connectivity index (χ4v) is 3.28. The molecule has 0 aliphatic carbocycles. The van der Waals surface area contributed by atoms with E-state index in [0.717, 1.165) is 16.5 Å². The first-order chi connectivity index (χ1) is 15.1. The summed E-state index contributed by atoms with van der Waals surface area (Å²) in [7, 11) is 1.28. The van der Waals surface area contributed by atoms with Crippen molar-refractivity contribution in [2.45, 2.75) is 64.1 Å². The highest BCUT2D eigenvalue weighted by molar-refractivity contribution is 5.89. The van der Waals surface area contributed by atoms with Crippen LogP contribution in [0.5, 0.6) is 0 Å². The van der Waals surface area contributed by atoms with Gasteiger partial charge in [-0.3, -0.25) is 4.79 Å². The number of amides is 2. The number of benzene rings is 1.